The van der Waals surface area contributed by atoms with Crippen molar-refractivity contribution in [3.05, 3.63) is 11.6 Å². The van der Waals surface area contributed by atoms with Crippen LogP contribution in [-0.4, -0.2) is 12.2 Å². The van der Waals surface area contributed by atoms with Gasteiger partial charge in [-0.1, -0.05) is 25.5 Å². The van der Waals surface area contributed by atoms with Crippen LogP contribution >= 0.6 is 0 Å². The Morgan fingerprint density at radius 3 is 2.27 bits per heavy atom. The average Bonchev–Trinajstić information content (AvgIpc) is 2.09. The summed E-state index contributed by atoms with van der Waals surface area (Å²) in [6.07, 6.45) is 4.99. The first-order chi connectivity index (χ1) is 6.93. The second kappa shape index (κ2) is 7.04. The van der Waals surface area contributed by atoms with Crippen LogP contribution in [0, 0.1) is 11.8 Å². The highest BCUT2D eigenvalue weighted by molar-refractivity contribution is 5.76. The molecule has 0 aliphatic heterocycles. The van der Waals surface area contributed by atoms with Crippen molar-refractivity contribution in [3.63, 3.8) is 0 Å². The lowest BCUT2D eigenvalue weighted by Gasteiger charge is -2.13. The molecule has 4 heteroatoms. The van der Waals surface area contributed by atoms with Crippen LogP contribution in [0.15, 0.2) is 21.9 Å². The summed E-state index contributed by atoms with van der Waals surface area (Å²) in [6.45, 7) is 8.49. The third kappa shape index (κ3) is 7.73. The Hall–Kier alpha value is -1.32. The molecule has 0 bridgehead atoms. The number of hydrogen-bond acceptors (Lipinski definition) is 2. The third-order valence-electron chi connectivity index (χ3n) is 2.09. The number of guanidine groups is 1. The molecular formula is C11H22N4. The Balaban J connectivity index is 4.35. The van der Waals surface area contributed by atoms with Crippen molar-refractivity contribution >= 4 is 12.2 Å². The molecule has 0 aromatic carbocycles. The van der Waals surface area contributed by atoms with Gasteiger partial charge in [0.1, 0.15) is 0 Å². The minimum absolute atomic E-state index is 0.00373. The summed E-state index contributed by atoms with van der Waals surface area (Å²) in [5, 5.41) is 7.45. The molecular weight excluding hydrogens is 188 g/mol. The minimum atomic E-state index is -0.00373. The van der Waals surface area contributed by atoms with Gasteiger partial charge in [0.2, 0.25) is 5.96 Å². The number of hydrogen-bond donors (Lipinski definition) is 2. The molecule has 0 aliphatic rings. The van der Waals surface area contributed by atoms with Gasteiger partial charge in [0, 0.05) is 12.1 Å². The summed E-state index contributed by atoms with van der Waals surface area (Å²) >= 11 is 0. The van der Waals surface area contributed by atoms with Crippen LogP contribution in [0.4, 0.5) is 0 Å². The van der Waals surface area contributed by atoms with Crippen molar-refractivity contribution in [2.24, 2.45) is 33.5 Å². The number of nitrogens with zero attached hydrogens (tertiary/aromatic N) is 2. The topological polar surface area (TPSA) is 76.8 Å². The van der Waals surface area contributed by atoms with E-state index in [1.54, 1.807) is 0 Å². The highest BCUT2D eigenvalue weighted by Gasteiger charge is 2.08. The zero-order chi connectivity index (χ0) is 11.8. The molecule has 0 unspecified atom stereocenters. The third-order valence-corrected chi connectivity index (χ3v) is 2.09. The number of rotatable bonds is 5. The van der Waals surface area contributed by atoms with E-state index in [0.29, 0.717) is 11.8 Å². The zero-order valence-corrected chi connectivity index (χ0v) is 10.1. The van der Waals surface area contributed by atoms with Gasteiger partial charge in [-0.25, -0.2) is 0 Å². The highest BCUT2D eigenvalue weighted by atomic mass is 15.3. The molecule has 4 nitrogen and oxygen atoms in total. The maximum Gasteiger partial charge on any atom is 0.211 e. The van der Waals surface area contributed by atoms with Crippen molar-refractivity contribution in [1.82, 2.24) is 0 Å². The van der Waals surface area contributed by atoms with Crippen LogP contribution in [0.3, 0.4) is 0 Å². The lowest BCUT2D eigenvalue weighted by molar-refractivity contribution is 0.505. The van der Waals surface area contributed by atoms with Crippen LogP contribution in [-0.2, 0) is 0 Å². The SMILES string of the molecule is CC(C)=CC[C@@H](/C=N\N=C(N)N)C(C)C. The largest absolute Gasteiger partial charge is 0.369 e. The van der Waals surface area contributed by atoms with E-state index in [0.717, 1.165) is 6.42 Å². The first-order valence-electron chi connectivity index (χ1n) is 5.19. The first kappa shape index (κ1) is 13.7. The zero-order valence-electron chi connectivity index (χ0n) is 10.1. The van der Waals surface area contributed by atoms with E-state index in [1.807, 2.05) is 6.21 Å². The normalized spacial score (nSPS) is 12.9. The molecule has 4 N–H and O–H groups in total. The fourth-order valence-electron chi connectivity index (χ4n) is 1.06. The van der Waals surface area contributed by atoms with Crippen LogP contribution in [0.5, 0.6) is 0 Å². The lowest BCUT2D eigenvalue weighted by atomic mass is 9.93. The van der Waals surface area contributed by atoms with E-state index >= 15 is 0 Å². The molecule has 0 heterocycles. The van der Waals surface area contributed by atoms with Gasteiger partial charge < -0.3 is 11.5 Å². The Morgan fingerprint density at radius 1 is 1.27 bits per heavy atom. The van der Waals surface area contributed by atoms with Crippen molar-refractivity contribution in [2.45, 2.75) is 34.1 Å². The van der Waals surface area contributed by atoms with Gasteiger partial charge in [-0.3, -0.25) is 0 Å². The summed E-state index contributed by atoms with van der Waals surface area (Å²) in [7, 11) is 0. The second-order valence-corrected chi connectivity index (χ2v) is 4.21. The van der Waals surface area contributed by atoms with Gasteiger partial charge in [0.05, 0.1) is 0 Å². The van der Waals surface area contributed by atoms with Gasteiger partial charge in [-0.05, 0) is 26.2 Å². The molecule has 86 valence electrons. The van der Waals surface area contributed by atoms with Crippen molar-refractivity contribution in [3.8, 4) is 0 Å². The van der Waals surface area contributed by atoms with Crippen molar-refractivity contribution in [1.29, 1.82) is 0 Å². The Labute approximate surface area is 92.1 Å². The molecule has 0 amide bonds. The van der Waals surface area contributed by atoms with Crippen LogP contribution in [0.1, 0.15) is 34.1 Å². The number of allylic oxidation sites excluding steroid dienone is 2. The molecule has 0 aromatic rings. The maximum atomic E-state index is 5.18. The molecule has 1 atom stereocenters. The highest BCUT2D eigenvalue weighted by Crippen LogP contribution is 2.14. The molecule has 0 fully saturated rings. The first-order valence-corrected chi connectivity index (χ1v) is 5.19. The van der Waals surface area contributed by atoms with E-state index in [1.165, 1.54) is 5.57 Å². The Bertz CT molecular complexity index is 256. The smallest absolute Gasteiger partial charge is 0.211 e. The summed E-state index contributed by atoms with van der Waals surface area (Å²) in [6, 6.07) is 0. The number of nitrogens with two attached hydrogens (primary N) is 2. The van der Waals surface area contributed by atoms with Crippen molar-refractivity contribution in [2.75, 3.05) is 0 Å². The van der Waals surface area contributed by atoms with E-state index in [2.05, 4.69) is 44.0 Å². The van der Waals surface area contributed by atoms with Crippen LogP contribution in [0.2, 0.25) is 0 Å². The van der Waals surface area contributed by atoms with E-state index in [-0.39, 0.29) is 5.96 Å². The van der Waals surface area contributed by atoms with Gasteiger partial charge in [0.25, 0.3) is 0 Å². The predicted molar refractivity (Wildman–Crippen MR) is 66.7 cm³/mol. The average molecular weight is 210 g/mol. The standard InChI is InChI=1S/C11H22N4/c1-8(2)5-6-10(9(3)4)7-14-15-11(12)13/h5,7,9-10H,6H2,1-4H3,(H4,12,13,15)/b14-7-/t10-/m0/s1. The Morgan fingerprint density at radius 2 is 1.87 bits per heavy atom. The molecule has 0 rings (SSSR count). The van der Waals surface area contributed by atoms with Gasteiger partial charge >= 0.3 is 0 Å². The summed E-state index contributed by atoms with van der Waals surface area (Å²) in [4.78, 5) is 0. The molecule has 15 heavy (non-hydrogen) atoms. The fourth-order valence-corrected chi connectivity index (χ4v) is 1.06. The quantitative estimate of drug-likeness (QED) is 0.314. The van der Waals surface area contributed by atoms with E-state index in [9.17, 15) is 0 Å². The van der Waals surface area contributed by atoms with Crippen molar-refractivity contribution < 1.29 is 0 Å². The summed E-state index contributed by atoms with van der Waals surface area (Å²) in [5.41, 5.74) is 11.7. The van der Waals surface area contributed by atoms with E-state index < -0.39 is 0 Å². The van der Waals surface area contributed by atoms with Gasteiger partial charge in [0.15, 0.2) is 0 Å². The van der Waals surface area contributed by atoms with Gasteiger partial charge in [-0.15, -0.1) is 5.10 Å². The molecule has 0 aliphatic carbocycles. The van der Waals surface area contributed by atoms with Crippen LogP contribution < -0.4 is 11.5 Å². The summed E-state index contributed by atoms with van der Waals surface area (Å²) in [5.74, 6) is 0.900. The lowest BCUT2D eigenvalue weighted by Crippen LogP contribution is -2.22. The predicted octanol–water partition coefficient (Wildman–Crippen LogP) is 1.87. The maximum absolute atomic E-state index is 5.18. The minimum Gasteiger partial charge on any atom is -0.369 e. The summed E-state index contributed by atoms with van der Waals surface area (Å²) < 4.78 is 0. The molecule has 0 spiro atoms. The molecule has 0 radical (unpaired) electrons. The van der Waals surface area contributed by atoms with Gasteiger partial charge in [-0.2, -0.15) is 5.10 Å². The fraction of sp³-hybridized carbons (Fsp3) is 0.636. The molecule has 0 saturated carbocycles. The second-order valence-electron chi connectivity index (χ2n) is 4.21. The molecule has 0 aromatic heterocycles. The monoisotopic (exact) mass is 210 g/mol. The molecule has 0 saturated heterocycles. The Kier molecular flexibility index (Phi) is 6.42. The van der Waals surface area contributed by atoms with Crippen LogP contribution in [0.25, 0.3) is 0 Å². The van der Waals surface area contributed by atoms with E-state index in [4.69, 9.17) is 11.5 Å².